The second kappa shape index (κ2) is 12.9. The molecule has 1 N–H and O–H groups in total. The number of hydrogen-bond donors (Lipinski definition) is 1. The van der Waals surface area contributed by atoms with Crippen LogP contribution in [0.15, 0.2) is 0 Å². The second-order valence-electron chi connectivity index (χ2n) is 4.60. The van der Waals surface area contributed by atoms with Crippen molar-refractivity contribution >= 4 is 0 Å². The van der Waals surface area contributed by atoms with Crippen LogP contribution < -0.4 is 0 Å². The lowest BCUT2D eigenvalue weighted by molar-refractivity contribution is -0.504. The van der Waals surface area contributed by atoms with Crippen LogP contribution in [0.5, 0.6) is 0 Å². The monoisotopic (exact) mass is 232 g/mol. The first-order valence-electron chi connectivity index (χ1n) is 6.78. The summed E-state index contributed by atoms with van der Waals surface area (Å²) in [4.78, 5) is 4.57. The summed E-state index contributed by atoms with van der Waals surface area (Å²) in [6.07, 6.45) is 12.9. The summed E-state index contributed by atoms with van der Waals surface area (Å²) in [7, 11) is 0. The van der Waals surface area contributed by atoms with Crippen molar-refractivity contribution in [3.63, 3.8) is 0 Å². The van der Waals surface area contributed by atoms with Crippen LogP contribution in [0.25, 0.3) is 0 Å². The second-order valence-corrected chi connectivity index (χ2v) is 4.60. The first kappa shape index (κ1) is 15.9. The summed E-state index contributed by atoms with van der Waals surface area (Å²) in [5.74, 6) is 0. The van der Waals surface area contributed by atoms with Crippen molar-refractivity contribution in [3.8, 4) is 0 Å². The molecule has 0 rings (SSSR count). The molecule has 0 saturated heterocycles. The zero-order valence-electron chi connectivity index (χ0n) is 10.9. The van der Waals surface area contributed by atoms with Crippen LogP contribution in [0, 0.1) is 0 Å². The molecule has 3 heteroatoms. The molecule has 0 aliphatic carbocycles. The van der Waals surface area contributed by atoms with Crippen LogP contribution in [0.1, 0.15) is 78.1 Å². The minimum Gasteiger partial charge on any atom is -0.221 e. The van der Waals surface area contributed by atoms with Crippen LogP contribution >= 0.6 is 0 Å². The number of hydrogen-bond acceptors (Lipinski definition) is 3. The molecule has 0 aromatic rings. The topological polar surface area (TPSA) is 38.7 Å². The van der Waals surface area contributed by atoms with Crippen molar-refractivity contribution in [3.05, 3.63) is 0 Å². The first-order valence-corrected chi connectivity index (χ1v) is 6.78. The van der Waals surface area contributed by atoms with E-state index in [0.29, 0.717) is 0 Å². The fraction of sp³-hybridized carbons (Fsp3) is 1.00. The van der Waals surface area contributed by atoms with Crippen molar-refractivity contribution in [2.75, 3.05) is 0 Å². The predicted octanol–water partition coefficient (Wildman–Crippen LogP) is 4.72. The van der Waals surface area contributed by atoms with E-state index in [1.54, 1.807) is 0 Å². The molecule has 0 saturated carbocycles. The van der Waals surface area contributed by atoms with E-state index in [1.165, 1.54) is 51.4 Å². The van der Waals surface area contributed by atoms with Crippen molar-refractivity contribution < 1.29 is 15.2 Å². The van der Waals surface area contributed by atoms with Gasteiger partial charge in [0.05, 0.1) is 6.10 Å². The van der Waals surface area contributed by atoms with E-state index in [9.17, 15) is 0 Å². The average molecular weight is 232 g/mol. The Morgan fingerprint density at radius 3 is 1.88 bits per heavy atom. The molecule has 0 aromatic carbocycles. The number of rotatable bonds is 12. The molecule has 0 bridgehead atoms. The Morgan fingerprint density at radius 2 is 1.38 bits per heavy atom. The summed E-state index contributed by atoms with van der Waals surface area (Å²) in [5.41, 5.74) is 0. The molecule has 98 valence electrons. The first-order chi connectivity index (χ1) is 7.81. The lowest BCUT2D eigenvalue weighted by Gasteiger charge is -2.07. The van der Waals surface area contributed by atoms with E-state index in [4.69, 9.17) is 5.26 Å². The van der Waals surface area contributed by atoms with Crippen molar-refractivity contribution in [1.82, 2.24) is 0 Å². The third-order valence-electron chi connectivity index (χ3n) is 2.92. The molecule has 1 atom stereocenters. The van der Waals surface area contributed by atoms with Gasteiger partial charge in [-0.1, -0.05) is 69.7 Å². The fourth-order valence-corrected chi connectivity index (χ4v) is 1.86. The smallest absolute Gasteiger partial charge is 0.0933 e. The van der Waals surface area contributed by atoms with E-state index in [1.807, 2.05) is 6.92 Å². The van der Waals surface area contributed by atoms with Gasteiger partial charge in [0.25, 0.3) is 0 Å². The SMILES string of the molecule is CCCCCCCCCCCC(C)OOO. The summed E-state index contributed by atoms with van der Waals surface area (Å²) < 4.78 is 0. The van der Waals surface area contributed by atoms with Crippen LogP contribution in [0.4, 0.5) is 0 Å². The molecule has 0 aliphatic rings. The molecule has 0 aliphatic heterocycles. The maximum Gasteiger partial charge on any atom is 0.0933 e. The van der Waals surface area contributed by atoms with Crippen LogP contribution in [-0.2, 0) is 9.93 Å². The van der Waals surface area contributed by atoms with Crippen LogP contribution in [-0.4, -0.2) is 11.4 Å². The highest BCUT2D eigenvalue weighted by Crippen LogP contribution is 2.12. The molecule has 16 heavy (non-hydrogen) atoms. The molecule has 0 fully saturated rings. The van der Waals surface area contributed by atoms with Crippen molar-refractivity contribution in [2.45, 2.75) is 84.2 Å². The standard InChI is InChI=1S/C13H28O3/c1-3-4-5-6-7-8-9-10-11-12-13(2)15-16-14/h13-14H,3-12H2,1-2H3. The summed E-state index contributed by atoms with van der Waals surface area (Å²) in [6, 6.07) is 0. The molecule has 0 radical (unpaired) electrons. The van der Waals surface area contributed by atoms with Gasteiger partial charge in [-0.3, -0.25) is 0 Å². The molecule has 1 unspecified atom stereocenters. The highest BCUT2D eigenvalue weighted by molar-refractivity contribution is 4.51. The Labute approximate surface area is 100.0 Å². The molecule has 0 amide bonds. The molecule has 0 spiro atoms. The minimum atomic E-state index is -0.00504. The quantitative estimate of drug-likeness (QED) is 0.301. The summed E-state index contributed by atoms with van der Waals surface area (Å²) >= 11 is 0. The predicted molar refractivity (Wildman–Crippen MR) is 66.1 cm³/mol. The van der Waals surface area contributed by atoms with E-state index < -0.39 is 0 Å². The largest absolute Gasteiger partial charge is 0.221 e. The van der Waals surface area contributed by atoms with Gasteiger partial charge in [-0.25, -0.2) is 10.1 Å². The lowest BCUT2D eigenvalue weighted by Crippen LogP contribution is -2.06. The van der Waals surface area contributed by atoms with E-state index in [2.05, 4.69) is 16.8 Å². The zero-order chi connectivity index (χ0) is 12.1. The van der Waals surface area contributed by atoms with Gasteiger partial charge < -0.3 is 0 Å². The van der Waals surface area contributed by atoms with E-state index >= 15 is 0 Å². The molecular weight excluding hydrogens is 204 g/mol. The Bertz CT molecular complexity index is 128. The Hall–Kier alpha value is -0.120. The van der Waals surface area contributed by atoms with Crippen LogP contribution in [0.3, 0.4) is 0 Å². The Kier molecular flexibility index (Phi) is 12.9. The maximum atomic E-state index is 8.06. The highest BCUT2D eigenvalue weighted by atomic mass is 17.5. The third-order valence-corrected chi connectivity index (χ3v) is 2.92. The summed E-state index contributed by atoms with van der Waals surface area (Å²) in [6.45, 7) is 4.15. The fourth-order valence-electron chi connectivity index (χ4n) is 1.86. The molecule has 3 nitrogen and oxygen atoms in total. The Balaban J connectivity index is 2.98. The molecular formula is C13H28O3. The number of unbranched alkanes of at least 4 members (excludes halogenated alkanes) is 8. The van der Waals surface area contributed by atoms with Gasteiger partial charge in [-0.2, -0.15) is 0 Å². The van der Waals surface area contributed by atoms with Gasteiger partial charge in [0, 0.05) is 0 Å². The van der Waals surface area contributed by atoms with E-state index in [0.717, 1.165) is 12.8 Å². The van der Waals surface area contributed by atoms with Gasteiger partial charge in [-0.15, -0.1) is 0 Å². The van der Waals surface area contributed by atoms with Gasteiger partial charge in [0.2, 0.25) is 0 Å². The van der Waals surface area contributed by atoms with Gasteiger partial charge in [0.15, 0.2) is 0 Å². The molecule has 0 aromatic heterocycles. The zero-order valence-corrected chi connectivity index (χ0v) is 10.9. The van der Waals surface area contributed by atoms with E-state index in [-0.39, 0.29) is 6.10 Å². The highest BCUT2D eigenvalue weighted by Gasteiger charge is 2.02. The Morgan fingerprint density at radius 1 is 0.875 bits per heavy atom. The van der Waals surface area contributed by atoms with Gasteiger partial charge >= 0.3 is 0 Å². The van der Waals surface area contributed by atoms with Crippen molar-refractivity contribution in [1.29, 1.82) is 0 Å². The van der Waals surface area contributed by atoms with Crippen molar-refractivity contribution in [2.24, 2.45) is 0 Å². The lowest BCUT2D eigenvalue weighted by atomic mass is 10.1. The normalized spacial score (nSPS) is 12.9. The molecule has 0 heterocycles. The summed E-state index contributed by atoms with van der Waals surface area (Å²) in [5, 5.41) is 11.7. The third kappa shape index (κ3) is 12.0. The van der Waals surface area contributed by atoms with Gasteiger partial charge in [-0.05, 0) is 13.3 Å². The maximum absolute atomic E-state index is 8.06. The average Bonchev–Trinajstić information content (AvgIpc) is 2.27. The van der Waals surface area contributed by atoms with Gasteiger partial charge in [0.1, 0.15) is 0 Å². The van der Waals surface area contributed by atoms with Crippen LogP contribution in [0.2, 0.25) is 0 Å². The minimum absolute atomic E-state index is 0.00504.